The predicted octanol–water partition coefficient (Wildman–Crippen LogP) is 3.12. The van der Waals surface area contributed by atoms with Crippen LogP contribution in [-0.2, 0) is 9.53 Å². The van der Waals surface area contributed by atoms with Crippen LogP contribution < -0.4 is 10.1 Å². The van der Waals surface area contributed by atoms with Crippen LogP contribution in [0, 0.1) is 11.8 Å². The van der Waals surface area contributed by atoms with Gasteiger partial charge in [0.05, 0.1) is 20.1 Å². The Bertz CT molecular complexity index is 521. The minimum Gasteiger partial charge on any atom is -0.494 e. The van der Waals surface area contributed by atoms with E-state index in [1.165, 1.54) is 31.9 Å². The second-order valence-corrected chi connectivity index (χ2v) is 6.79. The lowest BCUT2D eigenvalue weighted by Crippen LogP contribution is -2.12. The Balaban J connectivity index is 1.57. The Labute approximate surface area is 138 Å². The molecule has 2 fully saturated rings. The second-order valence-electron chi connectivity index (χ2n) is 6.79. The molecule has 2 atom stereocenters. The zero-order valence-electron chi connectivity index (χ0n) is 13.9. The van der Waals surface area contributed by atoms with Crippen molar-refractivity contribution >= 4 is 5.97 Å². The molecule has 2 unspecified atom stereocenters. The first kappa shape index (κ1) is 16.3. The van der Waals surface area contributed by atoms with Gasteiger partial charge in [-0.15, -0.1) is 0 Å². The standard InChI is InChI=1S/C19H27NO3/c1-22-19(21)12-18(15-5-6-15)16-3-2-4-17(11-16)23-10-8-14-7-9-20-13-14/h2-4,11,14-15,18,20H,5-10,12-13H2,1H3. The van der Waals surface area contributed by atoms with Gasteiger partial charge in [-0.05, 0) is 74.2 Å². The summed E-state index contributed by atoms with van der Waals surface area (Å²) < 4.78 is 10.8. The fourth-order valence-electron chi connectivity index (χ4n) is 3.46. The van der Waals surface area contributed by atoms with Crippen LogP contribution in [0.2, 0.25) is 0 Å². The molecule has 1 aliphatic heterocycles. The molecular weight excluding hydrogens is 290 g/mol. The SMILES string of the molecule is COC(=O)CC(c1cccc(OCCC2CCNC2)c1)C1CC1. The molecule has 23 heavy (non-hydrogen) atoms. The number of hydrogen-bond donors (Lipinski definition) is 1. The number of carbonyl (C=O) groups excluding carboxylic acids is 1. The third-order valence-electron chi connectivity index (χ3n) is 5.05. The molecule has 2 aliphatic rings. The van der Waals surface area contributed by atoms with Crippen LogP contribution in [0.3, 0.4) is 0 Å². The second kappa shape index (κ2) is 7.82. The number of carbonyl (C=O) groups is 1. The Hall–Kier alpha value is -1.55. The van der Waals surface area contributed by atoms with Crippen molar-refractivity contribution in [1.29, 1.82) is 0 Å². The van der Waals surface area contributed by atoms with Gasteiger partial charge in [0.25, 0.3) is 0 Å². The van der Waals surface area contributed by atoms with Crippen LogP contribution in [0.5, 0.6) is 5.75 Å². The van der Waals surface area contributed by atoms with E-state index in [9.17, 15) is 4.79 Å². The quantitative estimate of drug-likeness (QED) is 0.748. The van der Waals surface area contributed by atoms with Crippen LogP contribution in [0.4, 0.5) is 0 Å². The summed E-state index contributed by atoms with van der Waals surface area (Å²) >= 11 is 0. The zero-order valence-corrected chi connectivity index (χ0v) is 13.9. The van der Waals surface area contributed by atoms with Gasteiger partial charge in [-0.25, -0.2) is 0 Å². The van der Waals surface area contributed by atoms with Gasteiger partial charge in [0.1, 0.15) is 5.75 Å². The number of benzene rings is 1. The molecule has 0 amide bonds. The van der Waals surface area contributed by atoms with Crippen molar-refractivity contribution < 1.29 is 14.3 Å². The third kappa shape index (κ3) is 4.71. The maximum atomic E-state index is 11.7. The summed E-state index contributed by atoms with van der Waals surface area (Å²) in [5.74, 6) is 2.43. The van der Waals surface area contributed by atoms with E-state index in [1.807, 2.05) is 12.1 Å². The van der Waals surface area contributed by atoms with E-state index in [4.69, 9.17) is 9.47 Å². The summed E-state index contributed by atoms with van der Waals surface area (Å²) in [5, 5.41) is 3.39. The maximum Gasteiger partial charge on any atom is 0.306 e. The number of ether oxygens (including phenoxy) is 2. The van der Waals surface area contributed by atoms with E-state index < -0.39 is 0 Å². The number of nitrogens with one attached hydrogen (secondary N) is 1. The topological polar surface area (TPSA) is 47.6 Å². The monoisotopic (exact) mass is 317 g/mol. The predicted molar refractivity (Wildman–Crippen MR) is 89.6 cm³/mol. The molecule has 1 aliphatic carbocycles. The highest BCUT2D eigenvalue weighted by molar-refractivity contribution is 5.70. The van der Waals surface area contributed by atoms with E-state index in [0.29, 0.717) is 12.3 Å². The van der Waals surface area contributed by atoms with E-state index in [-0.39, 0.29) is 11.9 Å². The van der Waals surface area contributed by atoms with E-state index in [0.717, 1.165) is 37.8 Å². The fourth-order valence-corrected chi connectivity index (χ4v) is 3.46. The van der Waals surface area contributed by atoms with E-state index >= 15 is 0 Å². The lowest BCUT2D eigenvalue weighted by Gasteiger charge is -2.17. The van der Waals surface area contributed by atoms with Gasteiger partial charge >= 0.3 is 5.97 Å². The maximum absolute atomic E-state index is 11.7. The molecule has 0 bridgehead atoms. The first-order valence-electron chi connectivity index (χ1n) is 8.76. The van der Waals surface area contributed by atoms with E-state index in [1.54, 1.807) is 0 Å². The molecule has 0 aromatic heterocycles. The molecule has 126 valence electrons. The van der Waals surface area contributed by atoms with E-state index in [2.05, 4.69) is 17.4 Å². The highest BCUT2D eigenvalue weighted by atomic mass is 16.5. The van der Waals surface area contributed by atoms with Gasteiger partial charge in [-0.3, -0.25) is 4.79 Å². The highest BCUT2D eigenvalue weighted by Gasteiger charge is 2.34. The molecule has 1 aromatic rings. The molecule has 1 saturated heterocycles. The van der Waals surface area contributed by atoms with Gasteiger partial charge in [0.15, 0.2) is 0 Å². The molecule has 0 radical (unpaired) electrons. The molecule has 1 heterocycles. The van der Waals surface area contributed by atoms with Crippen LogP contribution in [0.15, 0.2) is 24.3 Å². The summed E-state index contributed by atoms with van der Waals surface area (Å²) in [7, 11) is 1.46. The third-order valence-corrected chi connectivity index (χ3v) is 5.05. The summed E-state index contributed by atoms with van der Waals surface area (Å²) in [6.45, 7) is 3.02. The van der Waals surface area contributed by atoms with Gasteiger partial charge < -0.3 is 14.8 Å². The molecule has 4 heteroatoms. The number of rotatable bonds is 8. The normalized spacial score (nSPS) is 21.9. The molecule has 1 N–H and O–H groups in total. The van der Waals surface area contributed by atoms with Crippen LogP contribution in [0.1, 0.15) is 43.6 Å². The Morgan fingerprint density at radius 2 is 2.22 bits per heavy atom. The molecule has 4 nitrogen and oxygen atoms in total. The number of hydrogen-bond acceptors (Lipinski definition) is 4. The van der Waals surface area contributed by atoms with Crippen LogP contribution in [0.25, 0.3) is 0 Å². The smallest absolute Gasteiger partial charge is 0.306 e. The summed E-state index contributed by atoms with van der Waals surface area (Å²) in [6, 6.07) is 8.27. The molecule has 1 aromatic carbocycles. The molecule has 1 saturated carbocycles. The minimum atomic E-state index is -0.123. The summed E-state index contributed by atoms with van der Waals surface area (Å²) in [5.41, 5.74) is 1.21. The van der Waals surface area contributed by atoms with Gasteiger partial charge in [-0.2, -0.15) is 0 Å². The van der Waals surface area contributed by atoms with Gasteiger partial charge in [0, 0.05) is 0 Å². The van der Waals surface area contributed by atoms with Crippen molar-refractivity contribution in [2.45, 2.75) is 38.0 Å². The van der Waals surface area contributed by atoms with Crippen LogP contribution >= 0.6 is 0 Å². The Kier molecular flexibility index (Phi) is 5.55. The zero-order chi connectivity index (χ0) is 16.1. The largest absolute Gasteiger partial charge is 0.494 e. The molecular formula is C19H27NO3. The lowest BCUT2D eigenvalue weighted by atomic mass is 9.91. The first-order chi connectivity index (χ1) is 11.3. The first-order valence-corrected chi connectivity index (χ1v) is 8.76. The Morgan fingerprint density at radius 3 is 2.91 bits per heavy atom. The average Bonchev–Trinajstić information content (AvgIpc) is 3.28. The van der Waals surface area contributed by atoms with Crippen LogP contribution in [-0.4, -0.2) is 32.8 Å². The highest BCUT2D eigenvalue weighted by Crippen LogP contribution is 2.45. The summed E-state index contributed by atoms with van der Waals surface area (Å²) in [6.07, 6.45) is 5.25. The van der Waals surface area contributed by atoms with Crippen molar-refractivity contribution in [2.75, 3.05) is 26.8 Å². The van der Waals surface area contributed by atoms with Gasteiger partial charge in [-0.1, -0.05) is 12.1 Å². The molecule has 3 rings (SSSR count). The number of methoxy groups -OCH3 is 1. The average molecular weight is 317 g/mol. The molecule has 0 spiro atoms. The number of esters is 1. The Morgan fingerprint density at radius 1 is 1.35 bits per heavy atom. The van der Waals surface area contributed by atoms with Crippen molar-refractivity contribution in [2.24, 2.45) is 11.8 Å². The fraction of sp³-hybridized carbons (Fsp3) is 0.632. The van der Waals surface area contributed by atoms with Crippen molar-refractivity contribution in [1.82, 2.24) is 5.32 Å². The minimum absolute atomic E-state index is 0.123. The van der Waals surface area contributed by atoms with Gasteiger partial charge in [0.2, 0.25) is 0 Å². The van der Waals surface area contributed by atoms with Crippen molar-refractivity contribution in [3.63, 3.8) is 0 Å². The van der Waals surface area contributed by atoms with Crippen molar-refractivity contribution in [3.8, 4) is 5.75 Å². The van der Waals surface area contributed by atoms with Crippen molar-refractivity contribution in [3.05, 3.63) is 29.8 Å². The lowest BCUT2D eigenvalue weighted by molar-refractivity contribution is -0.141. The summed E-state index contributed by atoms with van der Waals surface area (Å²) in [4.78, 5) is 11.7.